The Kier molecular flexibility index (Phi) is 4.34. The van der Waals surface area contributed by atoms with E-state index in [1.807, 2.05) is 0 Å². The second-order valence-electron chi connectivity index (χ2n) is 4.63. The third-order valence-corrected chi connectivity index (χ3v) is 5.25. The first-order valence-electron chi connectivity index (χ1n) is 5.96. The summed E-state index contributed by atoms with van der Waals surface area (Å²) in [7, 11) is -3.20. The highest BCUT2D eigenvalue weighted by molar-refractivity contribution is 9.10. The van der Waals surface area contributed by atoms with Crippen LogP contribution in [0.5, 0.6) is 0 Å². The predicted octanol–water partition coefficient (Wildman–Crippen LogP) is 2.34. The van der Waals surface area contributed by atoms with E-state index < -0.39 is 33.0 Å². The van der Waals surface area contributed by atoms with Gasteiger partial charge in [0.1, 0.15) is 0 Å². The third-order valence-electron chi connectivity index (χ3n) is 3.15. The zero-order valence-corrected chi connectivity index (χ0v) is 13.1. The fraction of sp³-hybridized carbons (Fsp3) is 0.417. The predicted molar refractivity (Wildman–Crippen MR) is 73.7 cm³/mol. The Hall–Kier alpha value is -1.09. The average Bonchev–Trinajstić information content (AvgIpc) is 2.37. The number of halogens is 4. The van der Waals surface area contributed by atoms with Crippen molar-refractivity contribution in [3.05, 3.63) is 33.8 Å². The molecule has 1 heterocycles. The lowest BCUT2D eigenvalue weighted by Crippen LogP contribution is -2.44. The van der Waals surface area contributed by atoms with Crippen LogP contribution in [0.25, 0.3) is 0 Å². The zero-order valence-electron chi connectivity index (χ0n) is 10.7. The van der Waals surface area contributed by atoms with Gasteiger partial charge in [0, 0.05) is 17.6 Å². The molecule has 116 valence electrons. The summed E-state index contributed by atoms with van der Waals surface area (Å²) >= 11 is 2.94. The van der Waals surface area contributed by atoms with Gasteiger partial charge in [-0.15, -0.1) is 0 Å². The van der Waals surface area contributed by atoms with Crippen LogP contribution >= 0.6 is 15.9 Å². The van der Waals surface area contributed by atoms with Gasteiger partial charge in [-0.3, -0.25) is 4.79 Å². The number of benzene rings is 1. The second kappa shape index (κ2) is 5.60. The van der Waals surface area contributed by atoms with E-state index in [1.54, 1.807) is 0 Å². The van der Waals surface area contributed by atoms with Gasteiger partial charge in [0.15, 0.2) is 9.84 Å². The summed E-state index contributed by atoms with van der Waals surface area (Å²) in [5, 5.41) is 0. The molecule has 0 unspecified atom stereocenters. The molecule has 0 bridgehead atoms. The van der Waals surface area contributed by atoms with Crippen molar-refractivity contribution in [3.63, 3.8) is 0 Å². The lowest BCUT2D eigenvalue weighted by molar-refractivity contribution is -0.138. The molecule has 1 fully saturated rings. The van der Waals surface area contributed by atoms with Gasteiger partial charge in [0.05, 0.1) is 22.6 Å². The fourth-order valence-corrected chi connectivity index (χ4v) is 3.59. The van der Waals surface area contributed by atoms with Crippen molar-refractivity contribution in [2.45, 2.75) is 6.18 Å². The van der Waals surface area contributed by atoms with Crippen LogP contribution in [0, 0.1) is 0 Å². The molecular formula is C12H11BrF3NO3S. The minimum absolute atomic E-state index is 0.0888. The molecule has 0 aliphatic carbocycles. The molecule has 1 saturated heterocycles. The molecular weight excluding hydrogens is 375 g/mol. The van der Waals surface area contributed by atoms with Gasteiger partial charge in [-0.2, -0.15) is 13.2 Å². The highest BCUT2D eigenvalue weighted by Crippen LogP contribution is 2.34. The van der Waals surface area contributed by atoms with E-state index in [4.69, 9.17) is 0 Å². The monoisotopic (exact) mass is 385 g/mol. The number of carbonyl (C=O) groups is 1. The maximum absolute atomic E-state index is 13.0. The van der Waals surface area contributed by atoms with Crippen LogP contribution in [0.1, 0.15) is 15.9 Å². The van der Waals surface area contributed by atoms with Crippen molar-refractivity contribution >= 4 is 31.7 Å². The molecule has 1 amide bonds. The van der Waals surface area contributed by atoms with Crippen LogP contribution in [0.2, 0.25) is 0 Å². The largest absolute Gasteiger partial charge is 0.417 e. The Labute approximate surface area is 128 Å². The fourth-order valence-electron chi connectivity index (χ4n) is 2.02. The van der Waals surface area contributed by atoms with Gasteiger partial charge in [-0.25, -0.2) is 8.42 Å². The first-order chi connectivity index (χ1) is 9.60. The molecule has 0 radical (unpaired) electrons. The number of hydrogen-bond acceptors (Lipinski definition) is 3. The number of nitrogens with zero attached hydrogens (tertiary/aromatic N) is 1. The first-order valence-corrected chi connectivity index (χ1v) is 8.58. The summed E-state index contributed by atoms with van der Waals surface area (Å²) < 4.78 is 61.8. The third kappa shape index (κ3) is 3.76. The van der Waals surface area contributed by atoms with E-state index in [2.05, 4.69) is 15.9 Å². The molecule has 0 saturated carbocycles. The molecule has 21 heavy (non-hydrogen) atoms. The lowest BCUT2D eigenvalue weighted by atomic mass is 10.1. The van der Waals surface area contributed by atoms with Crippen LogP contribution in [0.15, 0.2) is 22.7 Å². The summed E-state index contributed by atoms with van der Waals surface area (Å²) in [5.41, 5.74) is -1.50. The van der Waals surface area contributed by atoms with Crippen molar-refractivity contribution < 1.29 is 26.4 Å². The van der Waals surface area contributed by atoms with Crippen LogP contribution < -0.4 is 0 Å². The van der Waals surface area contributed by atoms with Gasteiger partial charge >= 0.3 is 6.18 Å². The number of amides is 1. The summed E-state index contributed by atoms with van der Waals surface area (Å²) in [6.07, 6.45) is -4.66. The van der Waals surface area contributed by atoms with Crippen LogP contribution in [-0.2, 0) is 16.0 Å². The van der Waals surface area contributed by atoms with Crippen molar-refractivity contribution in [1.29, 1.82) is 0 Å². The minimum atomic E-state index is -4.66. The maximum Gasteiger partial charge on any atom is 0.417 e. The SMILES string of the molecule is O=C(c1ccc(Br)cc1C(F)(F)F)N1CCS(=O)(=O)CC1. The van der Waals surface area contributed by atoms with Gasteiger partial charge < -0.3 is 4.90 Å². The maximum atomic E-state index is 13.0. The molecule has 1 aromatic carbocycles. The van der Waals surface area contributed by atoms with Crippen molar-refractivity contribution in [2.75, 3.05) is 24.6 Å². The molecule has 9 heteroatoms. The second-order valence-corrected chi connectivity index (χ2v) is 7.85. The highest BCUT2D eigenvalue weighted by Gasteiger charge is 2.37. The van der Waals surface area contributed by atoms with Crippen LogP contribution in [-0.4, -0.2) is 43.8 Å². The van der Waals surface area contributed by atoms with Gasteiger partial charge in [-0.1, -0.05) is 15.9 Å². The Bertz CT molecular complexity index is 659. The van der Waals surface area contributed by atoms with E-state index >= 15 is 0 Å². The summed E-state index contributed by atoms with van der Waals surface area (Å²) in [5.74, 6) is -1.25. The molecule has 0 spiro atoms. The summed E-state index contributed by atoms with van der Waals surface area (Å²) in [6, 6.07) is 3.29. The Balaban J connectivity index is 2.32. The van der Waals surface area contributed by atoms with Crippen molar-refractivity contribution in [1.82, 2.24) is 4.90 Å². The normalized spacial score (nSPS) is 18.6. The number of sulfone groups is 1. The molecule has 2 rings (SSSR count). The first kappa shape index (κ1) is 16.3. The van der Waals surface area contributed by atoms with Crippen molar-refractivity contribution in [3.8, 4) is 0 Å². The van der Waals surface area contributed by atoms with Gasteiger partial charge in [0.25, 0.3) is 5.91 Å². The Morgan fingerprint density at radius 3 is 2.29 bits per heavy atom. The van der Waals surface area contributed by atoms with Crippen molar-refractivity contribution in [2.24, 2.45) is 0 Å². The molecule has 0 N–H and O–H groups in total. The molecule has 1 aromatic rings. The topological polar surface area (TPSA) is 54.5 Å². The van der Waals surface area contributed by atoms with Gasteiger partial charge in [-0.05, 0) is 18.2 Å². The zero-order chi connectivity index (χ0) is 15.8. The average molecular weight is 386 g/mol. The van der Waals surface area contributed by atoms with Gasteiger partial charge in [0.2, 0.25) is 0 Å². The van der Waals surface area contributed by atoms with Crippen LogP contribution in [0.4, 0.5) is 13.2 Å². The van der Waals surface area contributed by atoms with E-state index in [9.17, 15) is 26.4 Å². The molecule has 1 aliphatic rings. The quantitative estimate of drug-likeness (QED) is 0.745. The standard InChI is InChI=1S/C12H11BrF3NO3S/c13-8-1-2-9(10(7-8)12(14,15)16)11(18)17-3-5-21(19,20)6-4-17/h1-2,7H,3-6H2. The number of rotatable bonds is 1. The number of carbonyl (C=O) groups excluding carboxylic acids is 1. The molecule has 4 nitrogen and oxygen atoms in total. The van der Waals surface area contributed by atoms with E-state index in [0.717, 1.165) is 17.0 Å². The van der Waals surface area contributed by atoms with E-state index in [1.165, 1.54) is 6.07 Å². The minimum Gasteiger partial charge on any atom is -0.337 e. The summed E-state index contributed by atoms with van der Waals surface area (Å²) in [6.45, 7) is -0.178. The van der Waals surface area contributed by atoms with E-state index in [-0.39, 0.29) is 29.1 Å². The molecule has 0 atom stereocenters. The Morgan fingerprint density at radius 2 is 1.76 bits per heavy atom. The summed E-state index contributed by atoms with van der Waals surface area (Å²) in [4.78, 5) is 13.3. The number of hydrogen-bond donors (Lipinski definition) is 0. The number of alkyl halides is 3. The lowest BCUT2D eigenvalue weighted by Gasteiger charge is -2.27. The van der Waals surface area contributed by atoms with Crippen LogP contribution in [0.3, 0.4) is 0 Å². The molecule has 0 aromatic heterocycles. The highest BCUT2D eigenvalue weighted by atomic mass is 79.9. The smallest absolute Gasteiger partial charge is 0.337 e. The Morgan fingerprint density at radius 1 is 1.19 bits per heavy atom. The van der Waals surface area contributed by atoms with E-state index in [0.29, 0.717) is 0 Å². The molecule has 1 aliphatic heterocycles.